The van der Waals surface area contributed by atoms with Crippen molar-refractivity contribution in [2.45, 2.75) is 51.6 Å². The van der Waals surface area contributed by atoms with Crippen LogP contribution < -0.4 is 5.32 Å². The Morgan fingerprint density at radius 3 is 2.44 bits per heavy atom. The van der Waals surface area contributed by atoms with E-state index in [1.807, 2.05) is 6.92 Å². The summed E-state index contributed by atoms with van der Waals surface area (Å²) in [6.45, 7) is 7.55. The Kier molecular flexibility index (Phi) is 5.01. The summed E-state index contributed by atoms with van der Waals surface area (Å²) in [4.78, 5) is 14.4. The number of hydrogen-bond acceptors (Lipinski definition) is 3. The second-order valence-corrected chi connectivity index (χ2v) is 5.79. The number of nitrogens with one attached hydrogen (secondary N) is 1. The van der Waals surface area contributed by atoms with E-state index >= 15 is 0 Å². The van der Waals surface area contributed by atoms with Gasteiger partial charge in [0.1, 0.15) is 0 Å². The fourth-order valence-corrected chi connectivity index (χ4v) is 2.86. The van der Waals surface area contributed by atoms with Gasteiger partial charge in [-0.05, 0) is 38.5 Å². The molecule has 1 N–H and O–H groups in total. The summed E-state index contributed by atoms with van der Waals surface area (Å²) in [6.07, 6.45) is 4.78. The minimum Gasteiger partial charge on any atom is -0.379 e. The van der Waals surface area contributed by atoms with Crippen molar-refractivity contribution in [3.05, 3.63) is 0 Å². The van der Waals surface area contributed by atoms with Gasteiger partial charge < -0.3 is 10.1 Å². The van der Waals surface area contributed by atoms with Gasteiger partial charge >= 0.3 is 0 Å². The van der Waals surface area contributed by atoms with Crippen molar-refractivity contribution in [3.63, 3.8) is 0 Å². The summed E-state index contributed by atoms with van der Waals surface area (Å²) in [5.74, 6) is 1.02. The molecule has 4 nitrogen and oxygen atoms in total. The second kappa shape index (κ2) is 6.53. The highest BCUT2D eigenvalue weighted by Gasteiger charge is 2.26. The molecule has 0 aromatic heterocycles. The molecule has 1 unspecified atom stereocenters. The predicted octanol–water partition coefficient (Wildman–Crippen LogP) is 1.40. The van der Waals surface area contributed by atoms with Crippen molar-refractivity contribution in [3.8, 4) is 0 Å². The molecule has 18 heavy (non-hydrogen) atoms. The van der Waals surface area contributed by atoms with E-state index in [9.17, 15) is 4.79 Å². The largest absolute Gasteiger partial charge is 0.379 e. The Bertz CT molecular complexity index is 269. The van der Waals surface area contributed by atoms with Gasteiger partial charge in [0.2, 0.25) is 5.91 Å². The molecule has 0 spiro atoms. The predicted molar refractivity (Wildman–Crippen MR) is 71.4 cm³/mol. The molecule has 1 saturated carbocycles. The fourth-order valence-electron chi connectivity index (χ4n) is 2.86. The van der Waals surface area contributed by atoms with E-state index in [2.05, 4.69) is 17.1 Å². The summed E-state index contributed by atoms with van der Waals surface area (Å²) in [7, 11) is 0. The first-order chi connectivity index (χ1) is 8.66. The van der Waals surface area contributed by atoms with E-state index in [-0.39, 0.29) is 11.9 Å². The van der Waals surface area contributed by atoms with Crippen molar-refractivity contribution in [2.75, 3.05) is 26.3 Å². The average Bonchev–Trinajstić information content (AvgIpc) is 2.41. The maximum atomic E-state index is 12.2. The van der Waals surface area contributed by atoms with Gasteiger partial charge in [-0.3, -0.25) is 9.69 Å². The Hall–Kier alpha value is -0.610. The van der Waals surface area contributed by atoms with Gasteiger partial charge in [-0.25, -0.2) is 0 Å². The zero-order valence-electron chi connectivity index (χ0n) is 11.7. The van der Waals surface area contributed by atoms with Crippen molar-refractivity contribution in [2.24, 2.45) is 5.92 Å². The van der Waals surface area contributed by atoms with Gasteiger partial charge in [0, 0.05) is 19.1 Å². The van der Waals surface area contributed by atoms with Crippen LogP contribution in [0.5, 0.6) is 0 Å². The summed E-state index contributed by atoms with van der Waals surface area (Å²) < 4.78 is 5.32. The summed E-state index contributed by atoms with van der Waals surface area (Å²) in [5, 5.41) is 3.22. The quantitative estimate of drug-likeness (QED) is 0.828. The van der Waals surface area contributed by atoms with E-state index < -0.39 is 0 Å². The van der Waals surface area contributed by atoms with Crippen LogP contribution in [0, 0.1) is 5.92 Å². The monoisotopic (exact) mass is 254 g/mol. The van der Waals surface area contributed by atoms with Gasteiger partial charge in [-0.1, -0.05) is 6.92 Å². The van der Waals surface area contributed by atoms with Gasteiger partial charge in [0.25, 0.3) is 0 Å². The van der Waals surface area contributed by atoms with E-state index in [0.717, 1.165) is 45.1 Å². The van der Waals surface area contributed by atoms with Crippen molar-refractivity contribution in [1.82, 2.24) is 10.2 Å². The van der Waals surface area contributed by atoms with Crippen LogP contribution in [0.15, 0.2) is 0 Å². The molecule has 0 bridgehead atoms. The lowest BCUT2D eigenvalue weighted by Crippen LogP contribution is -2.52. The molecule has 104 valence electrons. The van der Waals surface area contributed by atoms with Gasteiger partial charge in [0.05, 0.1) is 19.3 Å². The molecule has 1 amide bonds. The summed E-state index contributed by atoms with van der Waals surface area (Å²) >= 11 is 0. The van der Waals surface area contributed by atoms with E-state index in [0.29, 0.717) is 6.04 Å². The highest BCUT2D eigenvalue weighted by Crippen LogP contribution is 2.23. The van der Waals surface area contributed by atoms with Crippen LogP contribution in [-0.2, 0) is 9.53 Å². The zero-order valence-corrected chi connectivity index (χ0v) is 11.7. The molecule has 4 heteroatoms. The molecule has 1 saturated heterocycles. The number of carbonyl (C=O) groups excluding carboxylic acids is 1. The third-order valence-corrected chi connectivity index (χ3v) is 4.34. The molecule has 2 fully saturated rings. The molecular weight excluding hydrogens is 228 g/mol. The van der Waals surface area contributed by atoms with E-state index in [1.165, 1.54) is 12.8 Å². The SMILES string of the molecule is CC1CCC(NC(=O)C(C)N2CCOCC2)CC1. The normalized spacial score (nSPS) is 31.9. The van der Waals surface area contributed by atoms with Crippen LogP contribution in [0.4, 0.5) is 0 Å². The standard InChI is InChI=1S/C14H26N2O2/c1-11-3-5-13(6-4-11)15-14(17)12(2)16-7-9-18-10-8-16/h11-13H,3-10H2,1-2H3,(H,15,17). The molecule has 1 heterocycles. The lowest BCUT2D eigenvalue weighted by molar-refractivity contribution is -0.128. The Balaban J connectivity index is 1.76. The van der Waals surface area contributed by atoms with Crippen LogP contribution in [0.1, 0.15) is 39.5 Å². The molecule has 0 aromatic rings. The number of amides is 1. The van der Waals surface area contributed by atoms with Gasteiger partial charge in [-0.2, -0.15) is 0 Å². The van der Waals surface area contributed by atoms with Crippen LogP contribution in [0.25, 0.3) is 0 Å². The smallest absolute Gasteiger partial charge is 0.237 e. The fraction of sp³-hybridized carbons (Fsp3) is 0.929. The first kappa shape index (κ1) is 13.8. The Morgan fingerprint density at radius 1 is 1.22 bits per heavy atom. The number of morpholine rings is 1. The number of ether oxygens (including phenoxy) is 1. The highest BCUT2D eigenvalue weighted by molar-refractivity contribution is 5.81. The van der Waals surface area contributed by atoms with Gasteiger partial charge in [-0.15, -0.1) is 0 Å². The maximum absolute atomic E-state index is 12.2. The second-order valence-electron chi connectivity index (χ2n) is 5.79. The van der Waals surface area contributed by atoms with Crippen LogP contribution in [0.3, 0.4) is 0 Å². The topological polar surface area (TPSA) is 41.6 Å². The third kappa shape index (κ3) is 3.69. The third-order valence-electron chi connectivity index (χ3n) is 4.34. The number of carbonyl (C=O) groups is 1. The Labute approximate surface area is 110 Å². The first-order valence-corrected chi connectivity index (χ1v) is 7.29. The molecule has 1 aliphatic heterocycles. The molecule has 0 aromatic carbocycles. The van der Waals surface area contributed by atoms with E-state index in [1.54, 1.807) is 0 Å². The molecular formula is C14H26N2O2. The molecule has 1 atom stereocenters. The summed E-state index contributed by atoms with van der Waals surface area (Å²) in [5.41, 5.74) is 0. The zero-order chi connectivity index (χ0) is 13.0. The molecule has 0 radical (unpaired) electrons. The summed E-state index contributed by atoms with van der Waals surface area (Å²) in [6, 6.07) is 0.380. The lowest BCUT2D eigenvalue weighted by atomic mass is 9.87. The van der Waals surface area contributed by atoms with Crippen molar-refractivity contribution >= 4 is 5.91 Å². The highest BCUT2D eigenvalue weighted by atomic mass is 16.5. The van der Waals surface area contributed by atoms with Crippen LogP contribution in [-0.4, -0.2) is 49.2 Å². The van der Waals surface area contributed by atoms with Crippen LogP contribution >= 0.6 is 0 Å². The van der Waals surface area contributed by atoms with E-state index in [4.69, 9.17) is 4.74 Å². The average molecular weight is 254 g/mol. The number of hydrogen-bond donors (Lipinski definition) is 1. The Morgan fingerprint density at radius 2 is 1.83 bits per heavy atom. The minimum atomic E-state index is -0.0201. The molecule has 2 rings (SSSR count). The minimum absolute atomic E-state index is 0.0201. The van der Waals surface area contributed by atoms with Gasteiger partial charge in [0.15, 0.2) is 0 Å². The lowest BCUT2D eigenvalue weighted by Gasteiger charge is -2.33. The maximum Gasteiger partial charge on any atom is 0.237 e. The van der Waals surface area contributed by atoms with Crippen molar-refractivity contribution in [1.29, 1.82) is 0 Å². The number of rotatable bonds is 3. The molecule has 2 aliphatic rings. The van der Waals surface area contributed by atoms with Crippen LogP contribution in [0.2, 0.25) is 0 Å². The molecule has 1 aliphatic carbocycles. The first-order valence-electron chi connectivity index (χ1n) is 7.29. The van der Waals surface area contributed by atoms with Crippen molar-refractivity contribution < 1.29 is 9.53 Å². The number of nitrogens with zero attached hydrogens (tertiary/aromatic N) is 1.